The molecule has 0 bridgehead atoms. The van der Waals surface area contributed by atoms with Crippen molar-refractivity contribution in [3.63, 3.8) is 0 Å². The fraction of sp³-hybridized carbons (Fsp3) is 0.185. The lowest BCUT2D eigenvalue weighted by atomic mass is 10.1. The summed E-state index contributed by atoms with van der Waals surface area (Å²) in [5.41, 5.74) is 3.45. The molecule has 3 aromatic carbocycles. The molecule has 7 heteroatoms. The number of halogens is 2. The molecule has 1 atom stereocenters. The molecule has 5 nitrogen and oxygen atoms in total. The van der Waals surface area contributed by atoms with Crippen LogP contribution in [-0.4, -0.2) is 15.8 Å². The van der Waals surface area contributed by atoms with Gasteiger partial charge < -0.3 is 9.73 Å². The van der Waals surface area contributed by atoms with Crippen LogP contribution in [-0.2, 0) is 19.6 Å². The van der Waals surface area contributed by atoms with Crippen LogP contribution in [0.5, 0.6) is 0 Å². The van der Waals surface area contributed by atoms with Gasteiger partial charge in [0.2, 0.25) is 5.89 Å². The number of hydrogen-bond donors (Lipinski definition) is 1. The van der Waals surface area contributed by atoms with Crippen molar-refractivity contribution in [1.29, 1.82) is 0 Å². The molecule has 1 amide bonds. The molecular weight excluding hydrogens is 469 g/mol. The van der Waals surface area contributed by atoms with E-state index in [1.165, 1.54) is 6.26 Å². The van der Waals surface area contributed by atoms with Gasteiger partial charge in [-0.1, -0.05) is 89.9 Å². The highest BCUT2D eigenvalue weighted by atomic mass is 35.5. The second-order valence-corrected chi connectivity index (χ2v) is 8.85. The number of nitrogens with one attached hydrogen (secondary N) is 1. The largest absolute Gasteiger partial charge is 0.447 e. The summed E-state index contributed by atoms with van der Waals surface area (Å²) in [6.45, 7) is 3.58. The van der Waals surface area contributed by atoms with E-state index in [2.05, 4.69) is 34.3 Å². The molecule has 1 heterocycles. The van der Waals surface area contributed by atoms with Crippen LogP contribution >= 0.6 is 23.2 Å². The van der Waals surface area contributed by atoms with Crippen LogP contribution in [0, 0.1) is 0 Å². The predicted molar refractivity (Wildman–Crippen MR) is 135 cm³/mol. The molecule has 0 fully saturated rings. The van der Waals surface area contributed by atoms with Crippen molar-refractivity contribution in [1.82, 2.24) is 15.2 Å². The first-order chi connectivity index (χ1) is 16.5. The fourth-order valence-corrected chi connectivity index (χ4v) is 4.00. The van der Waals surface area contributed by atoms with Gasteiger partial charge in [0.25, 0.3) is 5.91 Å². The van der Waals surface area contributed by atoms with Crippen LogP contribution in [0.3, 0.4) is 0 Å². The quantitative estimate of drug-likeness (QED) is 0.282. The van der Waals surface area contributed by atoms with Gasteiger partial charge in [0.15, 0.2) is 5.69 Å². The van der Waals surface area contributed by atoms with Crippen molar-refractivity contribution >= 4 is 29.1 Å². The lowest BCUT2D eigenvalue weighted by Gasteiger charge is -2.28. The summed E-state index contributed by atoms with van der Waals surface area (Å²) < 4.78 is 5.67. The summed E-state index contributed by atoms with van der Waals surface area (Å²) in [5.74, 6) is 0.193. The number of carbonyl (C=O) groups excluding carboxylic acids is 1. The summed E-state index contributed by atoms with van der Waals surface area (Å²) in [6, 6.07) is 25.6. The molecule has 174 valence electrons. The highest BCUT2D eigenvalue weighted by Gasteiger charge is 2.21. The number of hydrogen-bond acceptors (Lipinski definition) is 4. The van der Waals surface area contributed by atoms with E-state index in [9.17, 15) is 4.79 Å². The topological polar surface area (TPSA) is 58.4 Å². The minimum atomic E-state index is -0.272. The van der Waals surface area contributed by atoms with Gasteiger partial charge in [0.1, 0.15) is 6.26 Å². The van der Waals surface area contributed by atoms with Gasteiger partial charge in [-0.15, -0.1) is 0 Å². The number of aromatic nitrogens is 1. The van der Waals surface area contributed by atoms with Crippen molar-refractivity contribution in [3.8, 4) is 0 Å². The first-order valence-corrected chi connectivity index (χ1v) is 11.7. The van der Waals surface area contributed by atoms with Gasteiger partial charge in [-0.3, -0.25) is 9.69 Å². The van der Waals surface area contributed by atoms with Crippen LogP contribution in [0.1, 0.15) is 46.0 Å². The normalized spacial score (nSPS) is 12.0. The Morgan fingerprint density at radius 1 is 0.941 bits per heavy atom. The highest BCUT2D eigenvalue weighted by molar-refractivity contribution is 6.42. The molecule has 0 aliphatic rings. The molecule has 0 aliphatic heterocycles. The fourth-order valence-electron chi connectivity index (χ4n) is 3.67. The van der Waals surface area contributed by atoms with Crippen LogP contribution < -0.4 is 5.32 Å². The number of nitrogens with zero attached hydrogens (tertiary/aromatic N) is 2. The lowest BCUT2D eigenvalue weighted by molar-refractivity contribution is 0.0945. The zero-order valence-corrected chi connectivity index (χ0v) is 20.3. The van der Waals surface area contributed by atoms with E-state index in [-0.39, 0.29) is 17.6 Å². The first-order valence-electron chi connectivity index (χ1n) is 11.0. The number of oxazole rings is 1. The molecule has 0 saturated heterocycles. The summed E-state index contributed by atoms with van der Waals surface area (Å²) in [5, 5.41) is 3.91. The van der Waals surface area contributed by atoms with Crippen LogP contribution in [0.4, 0.5) is 0 Å². The van der Waals surface area contributed by atoms with Crippen molar-refractivity contribution in [2.45, 2.75) is 32.6 Å². The Kier molecular flexibility index (Phi) is 8.01. The van der Waals surface area contributed by atoms with Crippen molar-refractivity contribution in [2.24, 2.45) is 0 Å². The van der Waals surface area contributed by atoms with Gasteiger partial charge in [0.05, 0.1) is 16.6 Å². The third kappa shape index (κ3) is 6.26. The number of amides is 1. The third-order valence-corrected chi connectivity index (χ3v) is 6.36. The maximum absolute atomic E-state index is 12.6. The van der Waals surface area contributed by atoms with E-state index >= 15 is 0 Å². The monoisotopic (exact) mass is 493 g/mol. The minimum absolute atomic E-state index is 0.0675. The summed E-state index contributed by atoms with van der Waals surface area (Å²) in [7, 11) is 0. The van der Waals surface area contributed by atoms with E-state index in [4.69, 9.17) is 27.6 Å². The molecule has 0 unspecified atom stereocenters. The smallest absolute Gasteiger partial charge is 0.273 e. The molecular formula is C27H25Cl2N3O2. The molecule has 1 aromatic heterocycles. The third-order valence-electron chi connectivity index (χ3n) is 5.62. The Hall–Kier alpha value is -3.12. The van der Waals surface area contributed by atoms with Gasteiger partial charge >= 0.3 is 0 Å². The standard InChI is InChI=1S/C27H25Cl2N3O2/c1-19(22-10-6-3-7-11-22)32(16-21-12-13-23(28)24(29)14-21)17-26-31-25(18-34-26)27(33)30-15-20-8-4-2-5-9-20/h2-14,18-19H,15-17H2,1H3,(H,30,33)/t19-/m1/s1. The molecule has 4 rings (SSSR count). The van der Waals surface area contributed by atoms with Gasteiger partial charge in [-0.2, -0.15) is 0 Å². The van der Waals surface area contributed by atoms with E-state index in [1.54, 1.807) is 6.07 Å². The Labute approximate surface area is 209 Å². The summed E-state index contributed by atoms with van der Waals surface area (Å²) >= 11 is 12.3. The zero-order chi connectivity index (χ0) is 23.9. The molecule has 0 radical (unpaired) electrons. The van der Waals surface area contributed by atoms with Gasteiger partial charge in [-0.25, -0.2) is 4.98 Å². The Morgan fingerprint density at radius 3 is 2.35 bits per heavy atom. The van der Waals surface area contributed by atoms with Gasteiger partial charge in [-0.05, 0) is 35.7 Å². The van der Waals surface area contributed by atoms with Crippen molar-refractivity contribution < 1.29 is 9.21 Å². The molecule has 1 N–H and O–H groups in total. The zero-order valence-electron chi connectivity index (χ0n) is 18.7. The SMILES string of the molecule is C[C@H](c1ccccc1)N(Cc1ccc(Cl)c(Cl)c1)Cc1nc(C(=O)NCc2ccccc2)co1. The molecule has 0 aliphatic carbocycles. The van der Waals surface area contributed by atoms with E-state index < -0.39 is 0 Å². The Morgan fingerprint density at radius 2 is 1.65 bits per heavy atom. The number of benzene rings is 3. The second-order valence-electron chi connectivity index (χ2n) is 8.03. The van der Waals surface area contributed by atoms with Gasteiger partial charge in [0, 0.05) is 19.1 Å². The first kappa shape index (κ1) is 24.0. The molecule has 4 aromatic rings. The number of carbonyl (C=O) groups is 1. The Bertz CT molecular complexity index is 1230. The summed E-state index contributed by atoms with van der Waals surface area (Å²) in [6.07, 6.45) is 1.40. The van der Waals surface area contributed by atoms with E-state index in [0.29, 0.717) is 35.6 Å². The van der Waals surface area contributed by atoms with E-state index in [0.717, 1.165) is 16.7 Å². The minimum Gasteiger partial charge on any atom is -0.447 e. The van der Waals surface area contributed by atoms with Crippen LogP contribution in [0.2, 0.25) is 10.0 Å². The van der Waals surface area contributed by atoms with Crippen LogP contribution in [0.25, 0.3) is 0 Å². The molecule has 34 heavy (non-hydrogen) atoms. The average Bonchev–Trinajstić information content (AvgIpc) is 3.34. The second kappa shape index (κ2) is 11.3. The molecule has 0 saturated carbocycles. The predicted octanol–water partition coefficient (Wildman–Crippen LogP) is 6.67. The highest BCUT2D eigenvalue weighted by Crippen LogP contribution is 2.27. The molecule has 0 spiro atoms. The maximum atomic E-state index is 12.6. The average molecular weight is 494 g/mol. The lowest BCUT2D eigenvalue weighted by Crippen LogP contribution is -2.27. The van der Waals surface area contributed by atoms with E-state index in [1.807, 2.05) is 60.7 Å². The maximum Gasteiger partial charge on any atom is 0.273 e. The number of rotatable bonds is 9. The Balaban J connectivity index is 1.49. The van der Waals surface area contributed by atoms with Crippen molar-refractivity contribution in [2.75, 3.05) is 0 Å². The van der Waals surface area contributed by atoms with Crippen molar-refractivity contribution in [3.05, 3.63) is 123 Å². The van der Waals surface area contributed by atoms with Crippen LogP contribution in [0.15, 0.2) is 89.5 Å². The summed E-state index contributed by atoms with van der Waals surface area (Å²) in [4.78, 5) is 19.2.